The minimum absolute atomic E-state index is 0.344. The van der Waals surface area contributed by atoms with Gasteiger partial charge in [-0.2, -0.15) is 0 Å². The summed E-state index contributed by atoms with van der Waals surface area (Å²) in [7, 11) is 1.38. The average Bonchev–Trinajstić information content (AvgIpc) is 2.53. The van der Waals surface area contributed by atoms with Crippen molar-refractivity contribution in [1.82, 2.24) is 0 Å². The lowest BCUT2D eigenvalue weighted by molar-refractivity contribution is -0.915. The van der Waals surface area contributed by atoms with Crippen LogP contribution in [0.1, 0.15) is 37.0 Å². The highest BCUT2D eigenvalue weighted by molar-refractivity contribution is 5.92. The fourth-order valence-electron chi connectivity index (χ4n) is 3.12. The van der Waals surface area contributed by atoms with E-state index in [2.05, 4.69) is 13.8 Å². The fraction of sp³-hybridized carbons (Fsp3) is 0.611. The second-order valence-electron chi connectivity index (χ2n) is 6.21. The fourth-order valence-corrected chi connectivity index (χ4v) is 3.12. The van der Waals surface area contributed by atoms with E-state index in [0.717, 1.165) is 32.5 Å². The van der Waals surface area contributed by atoms with Crippen molar-refractivity contribution in [3.8, 4) is 5.75 Å². The first-order valence-corrected chi connectivity index (χ1v) is 8.39. The minimum Gasteiger partial charge on any atom is -0.493 e. The van der Waals surface area contributed by atoms with Gasteiger partial charge >= 0.3 is 5.97 Å². The van der Waals surface area contributed by atoms with Crippen molar-refractivity contribution >= 4 is 5.97 Å². The molecule has 1 aromatic rings. The summed E-state index contributed by atoms with van der Waals surface area (Å²) in [6.45, 7) is 8.20. The summed E-state index contributed by atoms with van der Waals surface area (Å²) in [5, 5.41) is 0. The molecule has 1 saturated heterocycles. The second-order valence-corrected chi connectivity index (χ2v) is 6.21. The average molecular weight is 322 g/mol. The summed E-state index contributed by atoms with van der Waals surface area (Å²) in [5.74, 6) is 0.238. The van der Waals surface area contributed by atoms with Gasteiger partial charge in [-0.3, -0.25) is 0 Å². The van der Waals surface area contributed by atoms with E-state index in [1.165, 1.54) is 7.11 Å². The van der Waals surface area contributed by atoms with Crippen LogP contribution in [-0.4, -0.2) is 51.5 Å². The number of carbonyl (C=O) groups excluding carboxylic acids is 1. The molecule has 0 amide bonds. The molecule has 0 aromatic heterocycles. The Balaban J connectivity index is 1.71. The van der Waals surface area contributed by atoms with Gasteiger partial charge in [-0.05, 0) is 38.8 Å². The first kappa shape index (κ1) is 17.8. The third-order valence-electron chi connectivity index (χ3n) is 4.09. The van der Waals surface area contributed by atoms with Crippen LogP contribution < -0.4 is 9.64 Å². The Morgan fingerprint density at radius 2 is 1.91 bits per heavy atom. The number of rotatable bonds is 7. The SMILES string of the molecule is COC(=O)c1ccccc1OCCCC[NH+]1C[C@@H](C)O[C@H](C)C1. The van der Waals surface area contributed by atoms with Gasteiger partial charge in [0.15, 0.2) is 0 Å². The van der Waals surface area contributed by atoms with Gasteiger partial charge in [-0.1, -0.05) is 12.1 Å². The predicted octanol–water partition coefficient (Wildman–Crippen LogP) is 1.32. The summed E-state index contributed by atoms with van der Waals surface area (Å²) < 4.78 is 16.3. The third kappa shape index (κ3) is 5.52. The molecule has 0 bridgehead atoms. The monoisotopic (exact) mass is 322 g/mol. The molecule has 128 valence electrons. The van der Waals surface area contributed by atoms with E-state index in [4.69, 9.17) is 14.2 Å². The number of ether oxygens (including phenoxy) is 3. The molecule has 1 N–H and O–H groups in total. The molecule has 1 aromatic carbocycles. The van der Waals surface area contributed by atoms with Gasteiger partial charge in [0.05, 0.1) is 20.3 Å². The highest BCUT2D eigenvalue weighted by atomic mass is 16.5. The molecule has 23 heavy (non-hydrogen) atoms. The normalized spacial score (nSPS) is 24.2. The summed E-state index contributed by atoms with van der Waals surface area (Å²) in [4.78, 5) is 13.3. The molecule has 1 fully saturated rings. The van der Waals surface area contributed by atoms with Crippen LogP contribution in [0.2, 0.25) is 0 Å². The van der Waals surface area contributed by atoms with E-state index in [-0.39, 0.29) is 5.97 Å². The van der Waals surface area contributed by atoms with Crippen molar-refractivity contribution in [2.75, 3.05) is 33.4 Å². The zero-order valence-electron chi connectivity index (χ0n) is 14.3. The second kappa shape index (κ2) is 8.89. The molecule has 0 aliphatic carbocycles. The molecular weight excluding hydrogens is 294 g/mol. The van der Waals surface area contributed by atoms with Gasteiger partial charge in [0.1, 0.15) is 36.6 Å². The lowest BCUT2D eigenvalue weighted by Gasteiger charge is -2.32. The van der Waals surface area contributed by atoms with E-state index in [1.54, 1.807) is 11.0 Å². The molecule has 1 aliphatic heterocycles. The van der Waals surface area contributed by atoms with Crippen molar-refractivity contribution in [3.63, 3.8) is 0 Å². The van der Waals surface area contributed by atoms with Gasteiger partial charge in [-0.15, -0.1) is 0 Å². The number of benzene rings is 1. The van der Waals surface area contributed by atoms with Crippen molar-refractivity contribution < 1.29 is 23.9 Å². The van der Waals surface area contributed by atoms with Crippen LogP contribution in [0.25, 0.3) is 0 Å². The molecule has 1 aliphatic rings. The van der Waals surface area contributed by atoms with Crippen LogP contribution in [0.3, 0.4) is 0 Å². The largest absolute Gasteiger partial charge is 0.493 e. The number of morpholine rings is 1. The molecule has 0 spiro atoms. The van der Waals surface area contributed by atoms with Crippen LogP contribution in [-0.2, 0) is 9.47 Å². The van der Waals surface area contributed by atoms with Crippen molar-refractivity contribution in [2.24, 2.45) is 0 Å². The number of carbonyl (C=O) groups is 1. The van der Waals surface area contributed by atoms with E-state index < -0.39 is 0 Å². The van der Waals surface area contributed by atoms with E-state index in [9.17, 15) is 4.79 Å². The standard InChI is InChI=1S/C18H27NO4/c1-14-12-19(13-15(2)23-14)10-6-7-11-22-17-9-5-4-8-16(17)18(20)21-3/h4-5,8-9,14-15H,6-7,10-13H2,1-3H3/p+1/t14-,15-/m1/s1. The topological polar surface area (TPSA) is 49.2 Å². The lowest BCUT2D eigenvalue weighted by atomic mass is 10.2. The van der Waals surface area contributed by atoms with Crippen LogP contribution in [0, 0.1) is 0 Å². The van der Waals surface area contributed by atoms with Crippen LogP contribution in [0.5, 0.6) is 5.75 Å². The number of methoxy groups -OCH3 is 1. The van der Waals surface area contributed by atoms with E-state index in [1.807, 2.05) is 18.2 Å². The van der Waals surface area contributed by atoms with Crippen LogP contribution in [0.4, 0.5) is 0 Å². The summed E-state index contributed by atoms with van der Waals surface area (Å²) in [6.07, 6.45) is 2.77. The lowest BCUT2D eigenvalue weighted by Crippen LogP contribution is -3.15. The Kier molecular flexibility index (Phi) is 6.86. The molecule has 2 rings (SSSR count). The highest BCUT2D eigenvalue weighted by Gasteiger charge is 2.24. The van der Waals surface area contributed by atoms with E-state index >= 15 is 0 Å². The minimum atomic E-state index is -0.360. The molecule has 0 unspecified atom stereocenters. The van der Waals surface area contributed by atoms with Gasteiger partial charge in [0, 0.05) is 0 Å². The first-order chi connectivity index (χ1) is 11.1. The summed E-state index contributed by atoms with van der Waals surface area (Å²) in [5.41, 5.74) is 0.483. The van der Waals surface area contributed by atoms with Gasteiger partial charge in [0.2, 0.25) is 0 Å². The first-order valence-electron chi connectivity index (χ1n) is 8.39. The Labute approximate surface area is 138 Å². The number of para-hydroxylation sites is 1. The molecule has 2 atom stereocenters. The quantitative estimate of drug-likeness (QED) is 0.608. The zero-order valence-corrected chi connectivity index (χ0v) is 14.3. The molecule has 5 heteroatoms. The molecular formula is C18H28NO4+. The Hall–Kier alpha value is -1.59. The smallest absolute Gasteiger partial charge is 0.341 e. The maximum Gasteiger partial charge on any atom is 0.341 e. The maximum absolute atomic E-state index is 11.7. The summed E-state index contributed by atoms with van der Waals surface area (Å²) >= 11 is 0. The predicted molar refractivity (Wildman–Crippen MR) is 88.1 cm³/mol. The molecule has 0 saturated carbocycles. The van der Waals surface area contributed by atoms with E-state index in [0.29, 0.717) is 30.1 Å². The number of hydrogen-bond donors (Lipinski definition) is 1. The number of quaternary nitrogens is 1. The molecule has 0 radical (unpaired) electrons. The number of nitrogens with one attached hydrogen (secondary N) is 1. The zero-order chi connectivity index (χ0) is 16.7. The van der Waals surface area contributed by atoms with Gasteiger partial charge in [0.25, 0.3) is 0 Å². The van der Waals surface area contributed by atoms with Crippen molar-refractivity contribution in [2.45, 2.75) is 38.9 Å². The maximum atomic E-state index is 11.7. The van der Waals surface area contributed by atoms with Gasteiger partial charge in [-0.25, -0.2) is 4.79 Å². The molecule has 1 heterocycles. The Bertz CT molecular complexity index is 496. The summed E-state index contributed by atoms with van der Waals surface area (Å²) in [6, 6.07) is 7.20. The Morgan fingerprint density at radius 3 is 2.61 bits per heavy atom. The van der Waals surface area contributed by atoms with Crippen LogP contribution in [0.15, 0.2) is 24.3 Å². The van der Waals surface area contributed by atoms with Crippen LogP contribution >= 0.6 is 0 Å². The van der Waals surface area contributed by atoms with Crippen molar-refractivity contribution in [1.29, 1.82) is 0 Å². The van der Waals surface area contributed by atoms with Crippen molar-refractivity contribution in [3.05, 3.63) is 29.8 Å². The van der Waals surface area contributed by atoms with Gasteiger partial charge < -0.3 is 19.1 Å². The molecule has 5 nitrogen and oxygen atoms in total. The number of esters is 1. The third-order valence-corrected chi connectivity index (χ3v) is 4.09. The Morgan fingerprint density at radius 1 is 1.22 bits per heavy atom. The highest BCUT2D eigenvalue weighted by Crippen LogP contribution is 2.19. The number of hydrogen-bond acceptors (Lipinski definition) is 4. The number of unbranched alkanes of at least 4 members (excludes halogenated alkanes) is 1.